The van der Waals surface area contributed by atoms with E-state index >= 15 is 0 Å². The summed E-state index contributed by atoms with van der Waals surface area (Å²) in [4.78, 5) is 27.9. The fourth-order valence-corrected chi connectivity index (χ4v) is 2.59. The molecule has 0 atom stereocenters. The number of thiophene rings is 1. The minimum Gasteiger partial charge on any atom is -0.456 e. The molecule has 0 radical (unpaired) electrons. The zero-order chi connectivity index (χ0) is 14.8. The Hall–Kier alpha value is -2.18. The number of fused-ring (bicyclic) bond motifs is 1. The van der Waals surface area contributed by atoms with Gasteiger partial charge in [0.05, 0.1) is 16.3 Å². The highest BCUT2D eigenvalue weighted by Gasteiger charge is 2.09. The van der Waals surface area contributed by atoms with Crippen molar-refractivity contribution in [2.24, 2.45) is 0 Å². The predicted octanol–water partition coefficient (Wildman–Crippen LogP) is 2.77. The first-order valence-electron chi connectivity index (χ1n) is 6.01. The molecule has 0 saturated carbocycles. The molecule has 5 nitrogen and oxygen atoms in total. The van der Waals surface area contributed by atoms with E-state index in [2.05, 4.69) is 4.98 Å². The summed E-state index contributed by atoms with van der Waals surface area (Å²) >= 11 is 7.25. The molecule has 106 valence electrons. The molecular formula is C14H9ClN2O3S. The molecule has 3 heterocycles. The van der Waals surface area contributed by atoms with Gasteiger partial charge < -0.3 is 4.74 Å². The number of esters is 1. The molecule has 7 heteroatoms. The van der Waals surface area contributed by atoms with Crippen molar-refractivity contribution in [1.29, 1.82) is 0 Å². The molecule has 0 N–H and O–H groups in total. The predicted molar refractivity (Wildman–Crippen MR) is 79.9 cm³/mol. The molecule has 0 aliphatic carbocycles. The number of hydrogen-bond donors (Lipinski definition) is 0. The maximum Gasteiger partial charge on any atom is 0.339 e. The van der Waals surface area contributed by atoms with Crippen LogP contribution < -0.4 is 5.56 Å². The van der Waals surface area contributed by atoms with E-state index in [4.69, 9.17) is 16.3 Å². The molecule has 0 bridgehead atoms. The zero-order valence-corrected chi connectivity index (χ0v) is 12.2. The minimum absolute atomic E-state index is 0.0525. The Morgan fingerprint density at radius 2 is 2.24 bits per heavy atom. The maximum atomic E-state index is 12.0. The molecule has 0 aromatic carbocycles. The van der Waals surface area contributed by atoms with Gasteiger partial charge in [-0.1, -0.05) is 11.6 Å². The van der Waals surface area contributed by atoms with Gasteiger partial charge in [0.1, 0.15) is 12.3 Å². The van der Waals surface area contributed by atoms with E-state index in [-0.39, 0.29) is 12.2 Å². The van der Waals surface area contributed by atoms with Crippen LogP contribution in [0, 0.1) is 0 Å². The number of rotatable bonds is 3. The fraction of sp³-hybridized carbons (Fsp3) is 0.0714. The summed E-state index contributed by atoms with van der Waals surface area (Å²) < 4.78 is 6.47. The highest BCUT2D eigenvalue weighted by atomic mass is 35.5. The SMILES string of the molecule is O=C(OCc1cc(=O)n2cc(Cl)ccc2n1)c1ccsc1. The van der Waals surface area contributed by atoms with Gasteiger partial charge in [0.2, 0.25) is 0 Å². The highest BCUT2D eigenvalue weighted by molar-refractivity contribution is 7.08. The van der Waals surface area contributed by atoms with E-state index in [0.717, 1.165) is 0 Å². The maximum absolute atomic E-state index is 12.0. The summed E-state index contributed by atoms with van der Waals surface area (Å²) in [7, 11) is 0. The lowest BCUT2D eigenvalue weighted by Gasteiger charge is -2.05. The van der Waals surface area contributed by atoms with Crippen molar-refractivity contribution in [3.8, 4) is 0 Å². The monoisotopic (exact) mass is 320 g/mol. The summed E-state index contributed by atoms with van der Waals surface area (Å²) in [6, 6.07) is 6.28. The summed E-state index contributed by atoms with van der Waals surface area (Å²) in [5, 5.41) is 3.94. The van der Waals surface area contributed by atoms with Crippen LogP contribution in [-0.4, -0.2) is 15.4 Å². The number of carbonyl (C=O) groups is 1. The van der Waals surface area contributed by atoms with E-state index in [9.17, 15) is 9.59 Å². The Labute approximate surface area is 128 Å². The first kappa shape index (κ1) is 13.8. The second-order valence-electron chi connectivity index (χ2n) is 4.25. The van der Waals surface area contributed by atoms with Gasteiger partial charge in [-0.15, -0.1) is 0 Å². The van der Waals surface area contributed by atoms with Crippen molar-refractivity contribution < 1.29 is 9.53 Å². The Morgan fingerprint density at radius 1 is 1.38 bits per heavy atom. The molecule has 0 amide bonds. The summed E-state index contributed by atoms with van der Waals surface area (Å²) in [6.07, 6.45) is 1.49. The normalized spacial score (nSPS) is 10.7. The van der Waals surface area contributed by atoms with Crippen LogP contribution in [0.2, 0.25) is 5.02 Å². The molecule has 0 unspecified atom stereocenters. The van der Waals surface area contributed by atoms with Crippen molar-refractivity contribution in [2.75, 3.05) is 0 Å². The van der Waals surface area contributed by atoms with Gasteiger partial charge in [0.15, 0.2) is 0 Å². The van der Waals surface area contributed by atoms with E-state index in [1.165, 1.54) is 28.0 Å². The van der Waals surface area contributed by atoms with E-state index < -0.39 is 5.97 Å². The van der Waals surface area contributed by atoms with Crippen LogP contribution in [0.1, 0.15) is 16.1 Å². The standard InChI is InChI=1S/C14H9ClN2O3S/c15-10-1-2-12-16-11(5-13(18)17(12)6-10)7-20-14(19)9-3-4-21-8-9/h1-6,8H,7H2. The lowest BCUT2D eigenvalue weighted by Crippen LogP contribution is -2.16. The highest BCUT2D eigenvalue weighted by Crippen LogP contribution is 2.10. The Kier molecular flexibility index (Phi) is 3.72. The molecule has 0 aliphatic rings. The third-order valence-corrected chi connectivity index (χ3v) is 3.69. The molecular weight excluding hydrogens is 312 g/mol. The van der Waals surface area contributed by atoms with Crippen LogP contribution in [-0.2, 0) is 11.3 Å². The molecule has 3 rings (SSSR count). The molecule has 0 spiro atoms. The summed E-state index contributed by atoms with van der Waals surface area (Å²) in [6.45, 7) is -0.0525. The van der Waals surface area contributed by atoms with Crippen LogP contribution in [0.25, 0.3) is 5.65 Å². The first-order chi connectivity index (χ1) is 10.1. The van der Waals surface area contributed by atoms with Gasteiger partial charge in [0, 0.05) is 17.6 Å². The van der Waals surface area contributed by atoms with Gasteiger partial charge in [-0.3, -0.25) is 9.20 Å². The molecule has 0 aliphatic heterocycles. The van der Waals surface area contributed by atoms with E-state index in [0.29, 0.717) is 21.9 Å². The van der Waals surface area contributed by atoms with Gasteiger partial charge >= 0.3 is 5.97 Å². The molecule has 0 fully saturated rings. The fourth-order valence-electron chi connectivity index (χ4n) is 1.80. The van der Waals surface area contributed by atoms with Gasteiger partial charge in [0.25, 0.3) is 5.56 Å². The van der Waals surface area contributed by atoms with Crippen LogP contribution >= 0.6 is 22.9 Å². The average molecular weight is 321 g/mol. The second kappa shape index (κ2) is 5.67. The topological polar surface area (TPSA) is 60.7 Å². The zero-order valence-electron chi connectivity index (χ0n) is 10.7. The molecule has 21 heavy (non-hydrogen) atoms. The molecule has 3 aromatic rings. The third-order valence-electron chi connectivity index (χ3n) is 2.78. The summed E-state index contributed by atoms with van der Waals surface area (Å²) in [5.41, 5.74) is 1.06. The molecule has 0 saturated heterocycles. The lowest BCUT2D eigenvalue weighted by atomic mass is 10.3. The van der Waals surface area contributed by atoms with E-state index in [1.807, 2.05) is 0 Å². The van der Waals surface area contributed by atoms with Gasteiger partial charge in [-0.05, 0) is 23.6 Å². The largest absolute Gasteiger partial charge is 0.456 e. The number of pyridine rings is 1. The minimum atomic E-state index is -0.436. The number of carbonyl (C=O) groups excluding carboxylic acids is 1. The Morgan fingerprint density at radius 3 is 3.00 bits per heavy atom. The Bertz CT molecular complexity index is 858. The second-order valence-corrected chi connectivity index (χ2v) is 5.47. The van der Waals surface area contributed by atoms with Crippen LogP contribution in [0.15, 0.2) is 46.0 Å². The van der Waals surface area contributed by atoms with Gasteiger partial charge in [-0.25, -0.2) is 9.78 Å². The van der Waals surface area contributed by atoms with Crippen LogP contribution in [0.4, 0.5) is 0 Å². The quantitative estimate of drug-likeness (QED) is 0.696. The van der Waals surface area contributed by atoms with E-state index in [1.54, 1.807) is 29.0 Å². The number of aromatic nitrogens is 2. The Balaban J connectivity index is 1.83. The van der Waals surface area contributed by atoms with Crippen molar-refractivity contribution in [1.82, 2.24) is 9.38 Å². The first-order valence-corrected chi connectivity index (χ1v) is 7.33. The molecule has 3 aromatic heterocycles. The van der Waals surface area contributed by atoms with Crippen molar-refractivity contribution in [2.45, 2.75) is 6.61 Å². The number of ether oxygens (including phenoxy) is 1. The lowest BCUT2D eigenvalue weighted by molar-refractivity contribution is 0.0468. The van der Waals surface area contributed by atoms with Crippen molar-refractivity contribution in [3.63, 3.8) is 0 Å². The number of hydrogen-bond acceptors (Lipinski definition) is 5. The van der Waals surface area contributed by atoms with Crippen LogP contribution in [0.5, 0.6) is 0 Å². The number of halogens is 1. The van der Waals surface area contributed by atoms with Crippen LogP contribution in [0.3, 0.4) is 0 Å². The van der Waals surface area contributed by atoms with Gasteiger partial charge in [-0.2, -0.15) is 11.3 Å². The third kappa shape index (κ3) is 2.96. The number of nitrogens with zero attached hydrogens (tertiary/aromatic N) is 2. The smallest absolute Gasteiger partial charge is 0.339 e. The van der Waals surface area contributed by atoms with Crippen molar-refractivity contribution in [3.05, 3.63) is 67.9 Å². The average Bonchev–Trinajstić information content (AvgIpc) is 3.00. The van der Waals surface area contributed by atoms with Crippen molar-refractivity contribution >= 4 is 34.6 Å². The summed E-state index contributed by atoms with van der Waals surface area (Å²) in [5.74, 6) is -0.436.